The zero-order valence-corrected chi connectivity index (χ0v) is 17.0. The normalized spacial score (nSPS) is 20.9. The highest BCUT2D eigenvalue weighted by molar-refractivity contribution is 6.02. The molecule has 0 spiro atoms. The number of hydrogen-bond acceptors (Lipinski definition) is 5. The molecule has 5 rings (SSSR count). The quantitative estimate of drug-likeness (QED) is 0.696. The number of Topliss-reactive ketones (excluding diaryl/α,β-unsaturated/α-hetero) is 1. The highest BCUT2D eigenvalue weighted by atomic mass is 16.5. The first-order valence-electron chi connectivity index (χ1n) is 10.9. The van der Waals surface area contributed by atoms with Crippen LogP contribution in [0.3, 0.4) is 0 Å². The fraction of sp³-hybridized carbons (Fsp3) is 0.458. The van der Waals surface area contributed by atoms with E-state index in [1.54, 1.807) is 23.2 Å². The molecule has 156 valence electrons. The summed E-state index contributed by atoms with van der Waals surface area (Å²) < 4.78 is 11.6. The molecule has 6 nitrogen and oxygen atoms in total. The van der Waals surface area contributed by atoms with Crippen LogP contribution in [0.1, 0.15) is 54.4 Å². The number of fused-ring (bicyclic) bond motifs is 1. The fourth-order valence-electron chi connectivity index (χ4n) is 4.23. The number of anilines is 1. The number of carbonyl (C=O) groups is 2. The summed E-state index contributed by atoms with van der Waals surface area (Å²) in [6, 6.07) is 9.37. The molecule has 1 saturated carbocycles. The molecule has 1 aromatic heterocycles. The van der Waals surface area contributed by atoms with Gasteiger partial charge < -0.3 is 14.4 Å². The highest BCUT2D eigenvalue weighted by Gasteiger charge is 2.35. The second-order valence-corrected chi connectivity index (χ2v) is 8.42. The molecule has 1 aliphatic heterocycles. The van der Waals surface area contributed by atoms with Gasteiger partial charge in [-0.05, 0) is 48.9 Å². The van der Waals surface area contributed by atoms with Crippen LogP contribution in [0.5, 0.6) is 11.6 Å². The van der Waals surface area contributed by atoms with E-state index < -0.39 is 6.10 Å². The first-order valence-corrected chi connectivity index (χ1v) is 10.9. The fourth-order valence-corrected chi connectivity index (χ4v) is 4.23. The Labute approximate surface area is 176 Å². The molecule has 30 heavy (non-hydrogen) atoms. The Morgan fingerprint density at radius 2 is 1.97 bits per heavy atom. The number of ketones is 1. The molecule has 2 aromatic rings. The lowest BCUT2D eigenvalue weighted by Crippen LogP contribution is -2.32. The standard InChI is InChI=1S/C24H26N2O4/c27-21-3-1-2-17-6-7-18(14-20(17)21)26-12-10-22(24(26)28)30-19-8-9-23(25-15-19)29-13-11-16-4-5-16/h6-9,14-16,22H,1-5,10-13H2/t22-/m1/s1. The Bertz CT molecular complexity index is 952. The van der Waals surface area contributed by atoms with Crippen molar-refractivity contribution in [2.24, 2.45) is 5.92 Å². The number of ether oxygens (including phenoxy) is 2. The van der Waals surface area contributed by atoms with Gasteiger partial charge in [-0.15, -0.1) is 0 Å². The van der Waals surface area contributed by atoms with Crippen LogP contribution >= 0.6 is 0 Å². The van der Waals surface area contributed by atoms with Gasteiger partial charge in [-0.3, -0.25) is 9.59 Å². The van der Waals surface area contributed by atoms with Crippen LogP contribution in [0.25, 0.3) is 0 Å². The van der Waals surface area contributed by atoms with E-state index in [4.69, 9.17) is 9.47 Å². The first-order chi connectivity index (χ1) is 14.7. The predicted octanol–water partition coefficient (Wildman–Crippen LogP) is 3.96. The van der Waals surface area contributed by atoms with Gasteiger partial charge >= 0.3 is 0 Å². The maximum absolute atomic E-state index is 12.9. The molecule has 3 aliphatic rings. The number of rotatable bonds is 7. The number of nitrogens with zero attached hydrogens (tertiary/aromatic N) is 2. The topological polar surface area (TPSA) is 68.7 Å². The van der Waals surface area contributed by atoms with E-state index in [0.29, 0.717) is 37.6 Å². The van der Waals surface area contributed by atoms with E-state index in [-0.39, 0.29) is 11.7 Å². The maximum atomic E-state index is 12.9. The minimum Gasteiger partial charge on any atom is -0.479 e. The van der Waals surface area contributed by atoms with Gasteiger partial charge in [0.2, 0.25) is 5.88 Å². The number of amides is 1. The minimum atomic E-state index is -0.542. The number of carbonyl (C=O) groups excluding carboxylic acids is 2. The summed E-state index contributed by atoms with van der Waals surface area (Å²) in [7, 11) is 0. The monoisotopic (exact) mass is 406 g/mol. The predicted molar refractivity (Wildman–Crippen MR) is 112 cm³/mol. The van der Waals surface area contributed by atoms with Gasteiger partial charge in [0, 0.05) is 36.7 Å². The molecule has 1 amide bonds. The Morgan fingerprint density at radius 3 is 2.77 bits per heavy atom. The van der Waals surface area contributed by atoms with Crippen molar-refractivity contribution in [1.29, 1.82) is 0 Å². The second kappa shape index (κ2) is 8.09. The average molecular weight is 406 g/mol. The molecule has 2 aliphatic carbocycles. The Kier molecular flexibility index (Phi) is 5.15. The molecule has 0 N–H and O–H groups in total. The summed E-state index contributed by atoms with van der Waals surface area (Å²) in [5, 5.41) is 0. The maximum Gasteiger partial charge on any atom is 0.268 e. The smallest absolute Gasteiger partial charge is 0.268 e. The van der Waals surface area contributed by atoms with Gasteiger partial charge in [-0.1, -0.05) is 18.9 Å². The average Bonchev–Trinajstić information content (AvgIpc) is 3.52. The molecule has 0 unspecified atom stereocenters. The minimum absolute atomic E-state index is 0.0806. The largest absolute Gasteiger partial charge is 0.479 e. The van der Waals surface area contributed by atoms with E-state index in [2.05, 4.69) is 4.98 Å². The van der Waals surface area contributed by atoms with Gasteiger partial charge in [-0.2, -0.15) is 0 Å². The number of benzene rings is 1. The van der Waals surface area contributed by atoms with E-state index in [9.17, 15) is 9.59 Å². The van der Waals surface area contributed by atoms with Crippen LogP contribution in [0.4, 0.5) is 5.69 Å². The van der Waals surface area contributed by atoms with Gasteiger partial charge in [0.05, 0.1) is 12.8 Å². The molecule has 2 fully saturated rings. The highest BCUT2D eigenvalue weighted by Crippen LogP contribution is 2.32. The Balaban J connectivity index is 1.20. The van der Waals surface area contributed by atoms with Crippen molar-refractivity contribution in [3.8, 4) is 11.6 Å². The molecule has 1 aromatic carbocycles. The number of aromatic nitrogens is 1. The van der Waals surface area contributed by atoms with Crippen LogP contribution in [0.15, 0.2) is 36.5 Å². The number of aryl methyl sites for hydroxylation is 1. The summed E-state index contributed by atoms with van der Waals surface area (Å²) >= 11 is 0. The SMILES string of the molecule is O=C1CCCc2ccc(N3CC[C@@H](Oc4ccc(OCCC5CC5)nc4)C3=O)cc21. The number of pyridine rings is 1. The summed E-state index contributed by atoms with van der Waals surface area (Å²) in [6.07, 6.45) is 7.81. The molecule has 6 heteroatoms. The summed E-state index contributed by atoms with van der Waals surface area (Å²) in [4.78, 5) is 31.1. The van der Waals surface area contributed by atoms with Gasteiger partial charge in [0.15, 0.2) is 11.9 Å². The lowest BCUT2D eigenvalue weighted by molar-refractivity contribution is -0.122. The van der Waals surface area contributed by atoms with Crippen LogP contribution < -0.4 is 14.4 Å². The van der Waals surface area contributed by atoms with E-state index >= 15 is 0 Å². The lowest BCUT2D eigenvalue weighted by Gasteiger charge is -2.21. The van der Waals surface area contributed by atoms with E-state index in [1.807, 2.05) is 18.2 Å². The van der Waals surface area contributed by atoms with Crippen molar-refractivity contribution in [2.45, 2.75) is 51.0 Å². The van der Waals surface area contributed by atoms with Crippen molar-refractivity contribution in [3.63, 3.8) is 0 Å². The molecular weight excluding hydrogens is 380 g/mol. The van der Waals surface area contributed by atoms with Crippen molar-refractivity contribution in [2.75, 3.05) is 18.1 Å². The third kappa shape index (κ3) is 4.04. The third-order valence-corrected chi connectivity index (χ3v) is 6.17. The van der Waals surface area contributed by atoms with Crippen LogP contribution in [-0.4, -0.2) is 35.9 Å². The first kappa shape index (κ1) is 19.1. The Hall–Kier alpha value is -2.89. The number of hydrogen-bond donors (Lipinski definition) is 0. The lowest BCUT2D eigenvalue weighted by atomic mass is 9.90. The van der Waals surface area contributed by atoms with Crippen LogP contribution in [0, 0.1) is 5.92 Å². The zero-order chi connectivity index (χ0) is 20.5. The summed E-state index contributed by atoms with van der Waals surface area (Å²) in [6.45, 7) is 1.27. The van der Waals surface area contributed by atoms with Crippen LogP contribution in [-0.2, 0) is 11.2 Å². The van der Waals surface area contributed by atoms with Crippen molar-refractivity contribution in [3.05, 3.63) is 47.7 Å². The van der Waals surface area contributed by atoms with Gasteiger partial charge in [-0.25, -0.2) is 4.98 Å². The molecular formula is C24H26N2O4. The Morgan fingerprint density at radius 1 is 1.07 bits per heavy atom. The molecule has 2 heterocycles. The molecule has 1 saturated heterocycles. The zero-order valence-electron chi connectivity index (χ0n) is 17.0. The van der Waals surface area contributed by atoms with Gasteiger partial charge in [0.25, 0.3) is 5.91 Å². The molecule has 1 atom stereocenters. The summed E-state index contributed by atoms with van der Waals surface area (Å²) in [5.41, 5.74) is 2.62. The van der Waals surface area contributed by atoms with Crippen molar-refractivity contribution in [1.82, 2.24) is 4.98 Å². The van der Waals surface area contributed by atoms with Crippen LogP contribution in [0.2, 0.25) is 0 Å². The van der Waals surface area contributed by atoms with Crippen molar-refractivity contribution >= 4 is 17.4 Å². The molecule has 0 radical (unpaired) electrons. The van der Waals surface area contributed by atoms with E-state index in [1.165, 1.54) is 12.8 Å². The second-order valence-electron chi connectivity index (χ2n) is 8.42. The molecule has 0 bridgehead atoms. The third-order valence-electron chi connectivity index (χ3n) is 6.17. The van der Waals surface area contributed by atoms with Crippen molar-refractivity contribution < 1.29 is 19.1 Å². The summed E-state index contributed by atoms with van der Waals surface area (Å²) in [5.74, 6) is 2.06. The van der Waals surface area contributed by atoms with Gasteiger partial charge in [0.1, 0.15) is 5.75 Å². The van der Waals surface area contributed by atoms with E-state index in [0.717, 1.165) is 42.0 Å².